The fraction of sp³-hybridized carbons (Fsp3) is 0.708. The van der Waals surface area contributed by atoms with Gasteiger partial charge in [-0.3, -0.25) is 19.6 Å². The molecule has 0 fully saturated rings. The van der Waals surface area contributed by atoms with Crippen molar-refractivity contribution in [3.63, 3.8) is 0 Å². The van der Waals surface area contributed by atoms with Crippen LogP contribution in [-0.2, 0) is 47.5 Å². The summed E-state index contributed by atoms with van der Waals surface area (Å²) in [5.74, 6) is -0.821. The molecule has 20 nitrogen and oxygen atoms in total. The van der Waals surface area contributed by atoms with Gasteiger partial charge in [0.15, 0.2) is 0 Å². The Kier molecular flexibility index (Phi) is 44.1. The highest BCUT2D eigenvalue weighted by atomic mass is 16.6. The van der Waals surface area contributed by atoms with Gasteiger partial charge in [0, 0.05) is 51.8 Å². The predicted molar refractivity (Wildman–Crippen MR) is 260 cm³/mol. The SMILES string of the molecule is CCCCCOC(=O)CCC(=O)OCCCCOC(=O)NCCCCCCNC(=O)OCCOCC.CCN=Cc1ccc(C=NCCOCCOC(=O)NCCCCCCNC(=O)OC)cc1. The van der Waals surface area contributed by atoms with Crippen LogP contribution in [0.2, 0.25) is 0 Å². The van der Waals surface area contributed by atoms with Crippen LogP contribution in [0, 0.1) is 0 Å². The van der Waals surface area contributed by atoms with E-state index in [4.69, 9.17) is 33.2 Å². The lowest BCUT2D eigenvalue weighted by molar-refractivity contribution is -0.150. The number of rotatable bonds is 39. The Balaban J connectivity index is 0.00000133. The minimum atomic E-state index is -0.471. The molecule has 0 saturated heterocycles. The molecule has 1 aromatic rings. The third-order valence-electron chi connectivity index (χ3n) is 9.14. The van der Waals surface area contributed by atoms with Gasteiger partial charge >= 0.3 is 36.3 Å². The van der Waals surface area contributed by atoms with Crippen LogP contribution in [0.4, 0.5) is 19.2 Å². The highest BCUT2D eigenvalue weighted by Crippen LogP contribution is 2.03. The first-order valence-electron chi connectivity index (χ1n) is 24.2. The van der Waals surface area contributed by atoms with E-state index in [1.165, 1.54) is 7.11 Å². The lowest BCUT2D eigenvalue weighted by atomic mass is 10.1. The minimum Gasteiger partial charge on any atom is -0.466 e. The van der Waals surface area contributed by atoms with Crippen molar-refractivity contribution in [2.45, 2.75) is 117 Å². The number of benzene rings is 1. The smallest absolute Gasteiger partial charge is 0.407 e. The summed E-state index contributed by atoms with van der Waals surface area (Å²) in [5, 5.41) is 10.7. The lowest BCUT2D eigenvalue weighted by Gasteiger charge is -2.08. The van der Waals surface area contributed by atoms with Crippen molar-refractivity contribution in [1.29, 1.82) is 0 Å². The number of carbonyl (C=O) groups is 6. The number of esters is 2. The number of carbonyl (C=O) groups excluding carboxylic acids is 6. The van der Waals surface area contributed by atoms with Crippen molar-refractivity contribution >= 4 is 48.7 Å². The number of nitrogens with one attached hydrogen (secondary N) is 4. The Morgan fingerprint density at radius 2 is 0.868 bits per heavy atom. The average Bonchev–Trinajstić information content (AvgIpc) is 3.34. The van der Waals surface area contributed by atoms with Crippen molar-refractivity contribution < 1.29 is 66.7 Å². The number of aliphatic imine (C=N–C) groups is 2. The second kappa shape index (κ2) is 48.0. The van der Waals surface area contributed by atoms with Crippen LogP contribution in [-0.4, -0.2) is 155 Å². The molecule has 0 aliphatic rings. The monoisotopic (exact) mass is 967 g/mol. The molecule has 0 saturated carbocycles. The van der Waals surface area contributed by atoms with E-state index in [2.05, 4.69) is 42.9 Å². The maximum Gasteiger partial charge on any atom is 0.407 e. The van der Waals surface area contributed by atoms with E-state index in [1.54, 1.807) is 0 Å². The van der Waals surface area contributed by atoms with E-state index < -0.39 is 30.3 Å². The molecule has 1 rings (SSSR count). The standard InChI is InChI=1S/C25H46N2O9.C23H36N4O5/c1-3-5-10-17-33-22(28)13-14-23(29)34-18-11-12-19-35-24(30)26-15-8-6-7-9-16-27-25(31)36-21-20-32-4-2;1-3-24-18-20-8-10-21(11-9-20)19-25-14-15-31-16-17-32-23(29)27-13-7-5-4-6-12-26-22(28)30-2/h3-21H2,1-2H3,(H,26,30)(H,27,31);8-11,18-19H,3-7,12-17H2,1-2H3,(H,26,28)(H,27,29). The third-order valence-corrected chi connectivity index (χ3v) is 9.14. The first-order valence-corrected chi connectivity index (χ1v) is 24.2. The average molecular weight is 967 g/mol. The van der Waals surface area contributed by atoms with E-state index in [-0.39, 0.29) is 45.2 Å². The van der Waals surface area contributed by atoms with Crippen LogP contribution in [0.1, 0.15) is 128 Å². The van der Waals surface area contributed by atoms with Gasteiger partial charge in [-0.25, -0.2) is 19.2 Å². The number of nitrogens with zero attached hydrogens (tertiary/aromatic N) is 2. The van der Waals surface area contributed by atoms with Crippen LogP contribution in [0.15, 0.2) is 34.3 Å². The van der Waals surface area contributed by atoms with E-state index in [0.29, 0.717) is 78.6 Å². The van der Waals surface area contributed by atoms with Crippen LogP contribution in [0.5, 0.6) is 0 Å². The third kappa shape index (κ3) is 44.3. The zero-order valence-corrected chi connectivity index (χ0v) is 41.3. The Morgan fingerprint density at radius 3 is 1.31 bits per heavy atom. The highest BCUT2D eigenvalue weighted by molar-refractivity contribution is 5.84. The largest absolute Gasteiger partial charge is 0.466 e. The Morgan fingerprint density at radius 1 is 0.456 bits per heavy atom. The van der Waals surface area contributed by atoms with Crippen molar-refractivity contribution in [2.24, 2.45) is 9.98 Å². The van der Waals surface area contributed by atoms with Gasteiger partial charge in [-0.05, 0) is 69.9 Å². The molecule has 68 heavy (non-hydrogen) atoms. The van der Waals surface area contributed by atoms with Gasteiger partial charge in [-0.15, -0.1) is 0 Å². The van der Waals surface area contributed by atoms with Crippen LogP contribution >= 0.6 is 0 Å². The van der Waals surface area contributed by atoms with Gasteiger partial charge in [0.05, 0.1) is 66.1 Å². The lowest BCUT2D eigenvalue weighted by Crippen LogP contribution is -2.27. The predicted octanol–water partition coefficient (Wildman–Crippen LogP) is 7.08. The molecule has 0 aliphatic heterocycles. The normalized spacial score (nSPS) is 10.7. The Bertz CT molecular complexity index is 1500. The molecule has 4 N–H and O–H groups in total. The summed E-state index contributed by atoms with van der Waals surface area (Å²) in [6.07, 6.45) is 13.1. The number of amides is 4. The second-order valence-corrected chi connectivity index (χ2v) is 14.9. The highest BCUT2D eigenvalue weighted by Gasteiger charge is 2.10. The fourth-order valence-electron chi connectivity index (χ4n) is 5.42. The summed E-state index contributed by atoms with van der Waals surface area (Å²) in [6, 6.07) is 8.00. The number of unbranched alkanes of at least 4 members (excludes halogenated alkanes) is 9. The first kappa shape index (κ1) is 62.5. The number of ether oxygens (including phenoxy) is 8. The number of hydrogen-bond acceptors (Lipinski definition) is 16. The zero-order chi connectivity index (χ0) is 50.0. The summed E-state index contributed by atoms with van der Waals surface area (Å²) in [7, 11) is 1.34. The molecule has 0 unspecified atom stereocenters. The van der Waals surface area contributed by atoms with Crippen molar-refractivity contribution in [2.75, 3.05) is 106 Å². The number of hydrogen-bond donors (Lipinski definition) is 4. The second-order valence-electron chi connectivity index (χ2n) is 14.9. The molecular formula is C48H82N6O14. The molecule has 0 atom stereocenters. The molecule has 0 radical (unpaired) electrons. The van der Waals surface area contributed by atoms with Gasteiger partial charge in [-0.2, -0.15) is 0 Å². The van der Waals surface area contributed by atoms with E-state index in [9.17, 15) is 28.8 Å². The molecule has 20 heteroatoms. The first-order chi connectivity index (χ1) is 33.1. The summed E-state index contributed by atoms with van der Waals surface area (Å²) in [4.78, 5) is 77.2. The summed E-state index contributed by atoms with van der Waals surface area (Å²) < 4.78 is 40.2. The van der Waals surface area contributed by atoms with Gasteiger partial charge in [0.2, 0.25) is 0 Å². The van der Waals surface area contributed by atoms with E-state index in [0.717, 1.165) is 88.3 Å². The molecule has 1 aromatic carbocycles. The minimum absolute atomic E-state index is 0.00350. The molecule has 0 aromatic heterocycles. The maximum atomic E-state index is 11.6. The van der Waals surface area contributed by atoms with Gasteiger partial charge in [0.1, 0.15) is 13.2 Å². The number of methoxy groups -OCH3 is 1. The fourth-order valence-corrected chi connectivity index (χ4v) is 5.42. The number of alkyl carbamates (subject to hydrolysis) is 4. The van der Waals surface area contributed by atoms with Gasteiger partial charge in [0.25, 0.3) is 0 Å². The summed E-state index contributed by atoms with van der Waals surface area (Å²) in [5.41, 5.74) is 2.10. The van der Waals surface area contributed by atoms with Crippen molar-refractivity contribution in [1.82, 2.24) is 21.3 Å². The molecule has 0 bridgehead atoms. The molecule has 0 heterocycles. The topological polar surface area (TPSA) is 249 Å². The molecular weight excluding hydrogens is 885 g/mol. The summed E-state index contributed by atoms with van der Waals surface area (Å²) >= 11 is 0. The quantitative estimate of drug-likeness (QED) is 0.0223. The zero-order valence-electron chi connectivity index (χ0n) is 41.3. The van der Waals surface area contributed by atoms with Gasteiger partial charge in [-0.1, -0.05) is 69.7 Å². The van der Waals surface area contributed by atoms with Crippen LogP contribution < -0.4 is 21.3 Å². The molecule has 388 valence electrons. The Hall–Kier alpha value is -5.50. The van der Waals surface area contributed by atoms with E-state index in [1.807, 2.05) is 50.5 Å². The maximum absolute atomic E-state index is 11.6. The van der Waals surface area contributed by atoms with Crippen molar-refractivity contribution in [3.8, 4) is 0 Å². The van der Waals surface area contributed by atoms with Gasteiger partial charge < -0.3 is 59.2 Å². The van der Waals surface area contributed by atoms with Crippen LogP contribution in [0.25, 0.3) is 0 Å². The summed E-state index contributed by atoms with van der Waals surface area (Å²) in [6.45, 7) is 12.6. The molecule has 0 aliphatic carbocycles. The molecule has 0 spiro atoms. The Labute approximate surface area is 404 Å². The molecule has 4 amide bonds. The van der Waals surface area contributed by atoms with Crippen LogP contribution in [0.3, 0.4) is 0 Å². The van der Waals surface area contributed by atoms with Crippen molar-refractivity contribution in [3.05, 3.63) is 35.4 Å². The van der Waals surface area contributed by atoms with E-state index >= 15 is 0 Å².